The molecule has 0 radical (unpaired) electrons. The second-order valence-corrected chi connectivity index (χ2v) is 5.12. The normalized spacial score (nSPS) is 20.8. The molecule has 1 atom stereocenters. The standard InChI is InChI=1S/C12H19N7/c1-10-15-12(17-16-10)11-3-2-4-18(7-11)5-6-19-8-13-14-9-19/h8-9,11H,2-7H2,1H3,(H,15,16,17). The van der Waals surface area contributed by atoms with Crippen LogP contribution >= 0.6 is 0 Å². The van der Waals surface area contributed by atoms with Gasteiger partial charge in [-0.25, -0.2) is 4.98 Å². The van der Waals surface area contributed by atoms with E-state index in [-0.39, 0.29) is 0 Å². The highest BCUT2D eigenvalue weighted by Gasteiger charge is 2.23. The highest BCUT2D eigenvalue weighted by molar-refractivity contribution is 4.99. The summed E-state index contributed by atoms with van der Waals surface area (Å²) in [4.78, 5) is 6.93. The van der Waals surface area contributed by atoms with Crippen molar-refractivity contribution in [2.24, 2.45) is 0 Å². The van der Waals surface area contributed by atoms with Crippen molar-refractivity contribution in [1.29, 1.82) is 0 Å². The number of aromatic nitrogens is 6. The molecule has 1 aliphatic rings. The minimum absolute atomic E-state index is 0.458. The number of rotatable bonds is 4. The molecule has 102 valence electrons. The first kappa shape index (κ1) is 12.3. The Hall–Kier alpha value is -1.76. The molecule has 2 aromatic heterocycles. The second kappa shape index (κ2) is 5.48. The quantitative estimate of drug-likeness (QED) is 0.871. The van der Waals surface area contributed by atoms with Gasteiger partial charge >= 0.3 is 0 Å². The number of hydrogen-bond donors (Lipinski definition) is 1. The molecule has 0 amide bonds. The molecular weight excluding hydrogens is 242 g/mol. The largest absolute Gasteiger partial charge is 0.319 e. The van der Waals surface area contributed by atoms with Gasteiger partial charge in [-0.05, 0) is 26.3 Å². The number of hydrogen-bond acceptors (Lipinski definition) is 5. The summed E-state index contributed by atoms with van der Waals surface area (Å²) in [6.45, 7) is 6.11. The molecule has 0 saturated carbocycles. The van der Waals surface area contributed by atoms with Crippen LogP contribution in [0.15, 0.2) is 12.7 Å². The number of nitrogens with zero attached hydrogens (tertiary/aromatic N) is 6. The van der Waals surface area contributed by atoms with Crippen LogP contribution in [-0.2, 0) is 6.54 Å². The molecule has 1 saturated heterocycles. The van der Waals surface area contributed by atoms with Crippen molar-refractivity contribution >= 4 is 0 Å². The van der Waals surface area contributed by atoms with Gasteiger partial charge in [-0.2, -0.15) is 5.10 Å². The van der Waals surface area contributed by atoms with Crippen LogP contribution in [0.3, 0.4) is 0 Å². The third kappa shape index (κ3) is 2.98. The molecule has 19 heavy (non-hydrogen) atoms. The Labute approximate surface area is 112 Å². The summed E-state index contributed by atoms with van der Waals surface area (Å²) in [6, 6.07) is 0. The molecule has 7 heteroatoms. The van der Waals surface area contributed by atoms with Gasteiger partial charge in [0.1, 0.15) is 18.5 Å². The lowest BCUT2D eigenvalue weighted by Crippen LogP contribution is -2.36. The van der Waals surface area contributed by atoms with E-state index < -0.39 is 0 Å². The zero-order valence-corrected chi connectivity index (χ0v) is 11.2. The maximum atomic E-state index is 4.46. The fraction of sp³-hybridized carbons (Fsp3) is 0.667. The van der Waals surface area contributed by atoms with Crippen LogP contribution in [-0.4, -0.2) is 54.5 Å². The fourth-order valence-electron chi connectivity index (χ4n) is 2.61. The highest BCUT2D eigenvalue weighted by atomic mass is 15.3. The van der Waals surface area contributed by atoms with E-state index >= 15 is 0 Å². The van der Waals surface area contributed by atoms with Crippen molar-refractivity contribution in [2.45, 2.75) is 32.2 Å². The number of aryl methyl sites for hydroxylation is 1. The monoisotopic (exact) mass is 261 g/mol. The number of aromatic amines is 1. The summed E-state index contributed by atoms with van der Waals surface area (Å²) in [5.74, 6) is 2.32. The van der Waals surface area contributed by atoms with E-state index in [4.69, 9.17) is 0 Å². The first-order valence-corrected chi connectivity index (χ1v) is 6.75. The van der Waals surface area contributed by atoms with Crippen LogP contribution in [0.2, 0.25) is 0 Å². The van der Waals surface area contributed by atoms with Crippen molar-refractivity contribution in [3.05, 3.63) is 24.3 Å². The Bertz CT molecular complexity index is 504. The molecule has 1 aliphatic heterocycles. The van der Waals surface area contributed by atoms with E-state index in [0.717, 1.165) is 37.8 Å². The van der Waals surface area contributed by atoms with Crippen LogP contribution in [0.25, 0.3) is 0 Å². The van der Waals surface area contributed by atoms with Crippen LogP contribution in [0.5, 0.6) is 0 Å². The smallest absolute Gasteiger partial charge is 0.155 e. The summed E-state index contributed by atoms with van der Waals surface area (Å²) >= 11 is 0. The molecule has 0 spiro atoms. The van der Waals surface area contributed by atoms with Crippen LogP contribution in [0, 0.1) is 6.92 Å². The first-order valence-electron chi connectivity index (χ1n) is 6.75. The molecule has 1 unspecified atom stereocenters. The van der Waals surface area contributed by atoms with Gasteiger partial charge in [0.2, 0.25) is 0 Å². The first-order chi connectivity index (χ1) is 9.31. The SMILES string of the molecule is Cc1nc(C2CCCN(CCn3cnnc3)C2)n[nH]1. The van der Waals surface area contributed by atoms with Crippen molar-refractivity contribution in [3.63, 3.8) is 0 Å². The molecule has 1 N–H and O–H groups in total. The third-order valence-corrected chi connectivity index (χ3v) is 3.63. The van der Waals surface area contributed by atoms with Crippen molar-refractivity contribution < 1.29 is 0 Å². The van der Waals surface area contributed by atoms with Crippen molar-refractivity contribution in [3.8, 4) is 0 Å². The van der Waals surface area contributed by atoms with Gasteiger partial charge < -0.3 is 9.47 Å². The molecular formula is C12H19N7. The van der Waals surface area contributed by atoms with Crippen molar-refractivity contribution in [2.75, 3.05) is 19.6 Å². The Balaban J connectivity index is 1.56. The summed E-state index contributed by atoms with van der Waals surface area (Å²) in [6.07, 6.45) is 5.92. The molecule has 0 bridgehead atoms. The average molecular weight is 261 g/mol. The highest BCUT2D eigenvalue weighted by Crippen LogP contribution is 2.24. The molecule has 0 aromatic carbocycles. The lowest BCUT2D eigenvalue weighted by Gasteiger charge is -2.31. The Morgan fingerprint density at radius 2 is 2.16 bits per heavy atom. The lowest BCUT2D eigenvalue weighted by molar-refractivity contribution is 0.197. The van der Waals surface area contributed by atoms with Crippen LogP contribution in [0.4, 0.5) is 0 Å². The van der Waals surface area contributed by atoms with E-state index in [9.17, 15) is 0 Å². The van der Waals surface area contributed by atoms with Crippen LogP contribution in [0.1, 0.15) is 30.4 Å². The zero-order valence-electron chi connectivity index (χ0n) is 11.2. The second-order valence-electron chi connectivity index (χ2n) is 5.12. The third-order valence-electron chi connectivity index (χ3n) is 3.63. The van der Waals surface area contributed by atoms with Gasteiger partial charge in [-0.3, -0.25) is 5.10 Å². The van der Waals surface area contributed by atoms with E-state index in [1.807, 2.05) is 11.5 Å². The molecule has 7 nitrogen and oxygen atoms in total. The maximum absolute atomic E-state index is 4.46. The van der Waals surface area contributed by atoms with E-state index in [1.165, 1.54) is 12.8 Å². The summed E-state index contributed by atoms with van der Waals surface area (Å²) in [5, 5.41) is 14.9. The van der Waals surface area contributed by atoms with Gasteiger partial charge in [-0.1, -0.05) is 0 Å². The maximum Gasteiger partial charge on any atom is 0.155 e. The number of H-pyrrole nitrogens is 1. The zero-order chi connectivity index (χ0) is 13.1. The number of nitrogens with one attached hydrogen (secondary N) is 1. The summed E-state index contributed by atoms with van der Waals surface area (Å²) in [5.41, 5.74) is 0. The minimum atomic E-state index is 0.458. The van der Waals surface area contributed by atoms with Gasteiger partial charge in [-0.15, -0.1) is 10.2 Å². The fourth-order valence-corrected chi connectivity index (χ4v) is 2.61. The van der Waals surface area contributed by atoms with Crippen molar-refractivity contribution in [1.82, 2.24) is 34.8 Å². The Kier molecular flexibility index (Phi) is 3.54. The summed E-state index contributed by atoms with van der Waals surface area (Å²) in [7, 11) is 0. The lowest BCUT2D eigenvalue weighted by atomic mass is 9.97. The predicted molar refractivity (Wildman–Crippen MR) is 69.6 cm³/mol. The summed E-state index contributed by atoms with van der Waals surface area (Å²) < 4.78 is 2.01. The van der Waals surface area contributed by atoms with E-state index in [1.54, 1.807) is 12.7 Å². The van der Waals surface area contributed by atoms with Crippen LogP contribution < -0.4 is 0 Å². The predicted octanol–water partition coefficient (Wildman–Crippen LogP) is 0.584. The topological polar surface area (TPSA) is 75.5 Å². The van der Waals surface area contributed by atoms with Gasteiger partial charge in [0.05, 0.1) is 0 Å². The number of likely N-dealkylation sites (tertiary alicyclic amines) is 1. The minimum Gasteiger partial charge on any atom is -0.319 e. The molecule has 1 fully saturated rings. The Morgan fingerprint density at radius 1 is 1.32 bits per heavy atom. The van der Waals surface area contributed by atoms with E-state index in [2.05, 4.69) is 30.3 Å². The molecule has 3 heterocycles. The van der Waals surface area contributed by atoms with Gasteiger partial charge in [0.25, 0.3) is 0 Å². The molecule has 3 rings (SSSR count). The van der Waals surface area contributed by atoms with Gasteiger partial charge in [0, 0.05) is 25.6 Å². The van der Waals surface area contributed by atoms with Gasteiger partial charge in [0.15, 0.2) is 5.82 Å². The molecule has 2 aromatic rings. The molecule has 0 aliphatic carbocycles. The van der Waals surface area contributed by atoms with E-state index in [0.29, 0.717) is 5.92 Å². The number of piperidine rings is 1. The average Bonchev–Trinajstić information content (AvgIpc) is 3.08. The Morgan fingerprint density at radius 3 is 2.89 bits per heavy atom.